The van der Waals surface area contributed by atoms with Gasteiger partial charge in [0.15, 0.2) is 23.2 Å². The van der Waals surface area contributed by atoms with Gasteiger partial charge >= 0.3 is 0 Å². The number of benzene rings is 1. The molecule has 1 nitrogen and oxygen atoms in total. The van der Waals surface area contributed by atoms with Gasteiger partial charge in [-0.25, -0.2) is 13.2 Å². The largest absolute Gasteiger partial charge is 0.487 e. The van der Waals surface area contributed by atoms with Crippen molar-refractivity contribution >= 4 is 0 Å². The second-order valence-electron chi connectivity index (χ2n) is 3.28. The van der Waals surface area contributed by atoms with Gasteiger partial charge in [-0.05, 0) is 19.3 Å². The average molecular weight is 201 g/mol. The lowest BCUT2D eigenvalue weighted by Gasteiger charge is -2.26. The SMILES string of the molecule is Fc1[c]c(OC2CCC2)c(F)cc1F. The minimum atomic E-state index is -1.25. The van der Waals surface area contributed by atoms with E-state index in [1.807, 2.05) is 6.07 Å². The van der Waals surface area contributed by atoms with Crippen LogP contribution in [-0.2, 0) is 0 Å². The first-order chi connectivity index (χ1) is 6.66. The van der Waals surface area contributed by atoms with Crippen LogP contribution in [-0.4, -0.2) is 6.10 Å². The van der Waals surface area contributed by atoms with Gasteiger partial charge in [-0.1, -0.05) is 0 Å². The van der Waals surface area contributed by atoms with E-state index in [9.17, 15) is 13.2 Å². The van der Waals surface area contributed by atoms with E-state index in [1.165, 1.54) is 0 Å². The summed E-state index contributed by atoms with van der Waals surface area (Å²) in [7, 11) is 0. The summed E-state index contributed by atoms with van der Waals surface area (Å²) in [5.74, 6) is -3.69. The number of rotatable bonds is 2. The molecule has 0 heterocycles. The van der Waals surface area contributed by atoms with Gasteiger partial charge < -0.3 is 4.74 Å². The maximum absolute atomic E-state index is 13.0. The molecule has 0 amide bonds. The van der Waals surface area contributed by atoms with Gasteiger partial charge in [0.05, 0.1) is 12.2 Å². The monoisotopic (exact) mass is 201 g/mol. The molecule has 0 aliphatic heterocycles. The second kappa shape index (κ2) is 3.52. The van der Waals surface area contributed by atoms with Crippen molar-refractivity contribution in [3.8, 4) is 5.75 Å². The predicted octanol–water partition coefficient (Wildman–Crippen LogP) is 2.84. The van der Waals surface area contributed by atoms with Crippen molar-refractivity contribution in [2.45, 2.75) is 25.4 Å². The number of hydrogen-bond acceptors (Lipinski definition) is 1. The molecule has 14 heavy (non-hydrogen) atoms. The highest BCUT2D eigenvalue weighted by atomic mass is 19.2. The van der Waals surface area contributed by atoms with Crippen LogP contribution in [0, 0.1) is 23.5 Å². The van der Waals surface area contributed by atoms with Crippen molar-refractivity contribution in [2.24, 2.45) is 0 Å². The van der Waals surface area contributed by atoms with Crippen LogP contribution < -0.4 is 4.74 Å². The lowest BCUT2D eigenvalue weighted by atomic mass is 9.96. The Morgan fingerprint density at radius 1 is 1.21 bits per heavy atom. The highest BCUT2D eigenvalue weighted by Gasteiger charge is 2.21. The zero-order valence-electron chi connectivity index (χ0n) is 7.32. The van der Waals surface area contributed by atoms with Crippen molar-refractivity contribution in [3.63, 3.8) is 0 Å². The van der Waals surface area contributed by atoms with E-state index in [0.717, 1.165) is 19.3 Å². The molecular formula is C10H8F3O. The minimum Gasteiger partial charge on any atom is -0.487 e. The van der Waals surface area contributed by atoms with Crippen molar-refractivity contribution in [1.82, 2.24) is 0 Å². The van der Waals surface area contributed by atoms with Crippen LogP contribution in [0.3, 0.4) is 0 Å². The van der Waals surface area contributed by atoms with Crippen molar-refractivity contribution in [1.29, 1.82) is 0 Å². The molecule has 0 N–H and O–H groups in total. The fraction of sp³-hybridized carbons (Fsp3) is 0.400. The van der Waals surface area contributed by atoms with Gasteiger partial charge in [0.2, 0.25) is 0 Å². The molecule has 0 saturated heterocycles. The Morgan fingerprint density at radius 3 is 2.50 bits per heavy atom. The number of halogens is 3. The normalized spacial score (nSPS) is 16.5. The van der Waals surface area contributed by atoms with Crippen LogP contribution in [0.2, 0.25) is 0 Å². The van der Waals surface area contributed by atoms with Crippen LogP contribution in [0.25, 0.3) is 0 Å². The van der Waals surface area contributed by atoms with E-state index < -0.39 is 17.5 Å². The first-order valence-corrected chi connectivity index (χ1v) is 4.40. The molecule has 1 aliphatic rings. The van der Waals surface area contributed by atoms with Crippen molar-refractivity contribution < 1.29 is 17.9 Å². The fourth-order valence-corrected chi connectivity index (χ4v) is 1.20. The highest BCUT2D eigenvalue weighted by Crippen LogP contribution is 2.27. The topological polar surface area (TPSA) is 9.23 Å². The summed E-state index contributed by atoms with van der Waals surface area (Å²) in [5, 5.41) is 0. The van der Waals surface area contributed by atoms with Gasteiger partial charge in [-0.15, -0.1) is 0 Å². The van der Waals surface area contributed by atoms with E-state index >= 15 is 0 Å². The summed E-state index contributed by atoms with van der Waals surface area (Å²) in [6.07, 6.45) is 2.60. The van der Waals surface area contributed by atoms with E-state index in [0.29, 0.717) is 6.07 Å². The van der Waals surface area contributed by atoms with Crippen LogP contribution in [0.4, 0.5) is 13.2 Å². The summed E-state index contributed by atoms with van der Waals surface area (Å²) < 4.78 is 43.2. The lowest BCUT2D eigenvalue weighted by Crippen LogP contribution is -2.25. The van der Waals surface area contributed by atoms with Crippen LogP contribution in [0.5, 0.6) is 5.75 Å². The number of ether oxygens (including phenoxy) is 1. The Labute approximate surface area is 79.5 Å². The summed E-state index contributed by atoms with van der Waals surface area (Å²) >= 11 is 0. The quantitative estimate of drug-likeness (QED) is 0.668. The zero-order chi connectivity index (χ0) is 10.1. The van der Waals surface area contributed by atoms with E-state index in [1.54, 1.807) is 0 Å². The molecule has 1 aliphatic carbocycles. The minimum absolute atomic E-state index is 0.0781. The molecule has 0 bridgehead atoms. The molecule has 1 fully saturated rings. The molecule has 1 aromatic rings. The molecule has 2 rings (SSSR count). The van der Waals surface area contributed by atoms with Gasteiger partial charge in [0.1, 0.15) is 0 Å². The van der Waals surface area contributed by atoms with Gasteiger partial charge in [0.25, 0.3) is 0 Å². The van der Waals surface area contributed by atoms with Crippen molar-refractivity contribution in [3.05, 3.63) is 29.6 Å². The fourth-order valence-electron chi connectivity index (χ4n) is 1.20. The molecule has 1 aromatic carbocycles. The van der Waals surface area contributed by atoms with Gasteiger partial charge in [-0.3, -0.25) is 0 Å². The Bertz CT molecular complexity index is 347. The average Bonchev–Trinajstić information content (AvgIpc) is 2.06. The van der Waals surface area contributed by atoms with Crippen LogP contribution >= 0.6 is 0 Å². The summed E-state index contributed by atoms with van der Waals surface area (Å²) in [6.45, 7) is 0. The Balaban J connectivity index is 2.19. The molecule has 4 heteroatoms. The van der Waals surface area contributed by atoms with E-state index in [2.05, 4.69) is 0 Å². The Kier molecular flexibility index (Phi) is 2.35. The molecule has 0 aromatic heterocycles. The van der Waals surface area contributed by atoms with E-state index in [-0.39, 0.29) is 11.9 Å². The lowest BCUT2D eigenvalue weighted by molar-refractivity contribution is 0.114. The Hall–Kier alpha value is -1.19. The third-order valence-electron chi connectivity index (χ3n) is 2.24. The smallest absolute Gasteiger partial charge is 0.170 e. The zero-order valence-corrected chi connectivity index (χ0v) is 7.32. The van der Waals surface area contributed by atoms with Crippen molar-refractivity contribution in [2.75, 3.05) is 0 Å². The van der Waals surface area contributed by atoms with Crippen LogP contribution in [0.15, 0.2) is 6.07 Å². The molecule has 1 radical (unpaired) electrons. The summed E-state index contributed by atoms with van der Waals surface area (Å²) in [5.41, 5.74) is 0. The van der Waals surface area contributed by atoms with Crippen LogP contribution in [0.1, 0.15) is 19.3 Å². The molecule has 0 atom stereocenters. The first-order valence-electron chi connectivity index (χ1n) is 4.40. The third-order valence-corrected chi connectivity index (χ3v) is 2.24. The molecule has 1 saturated carbocycles. The first kappa shape index (κ1) is 9.37. The maximum atomic E-state index is 13.0. The molecular weight excluding hydrogens is 193 g/mol. The summed E-state index contributed by atoms with van der Waals surface area (Å²) in [6, 6.07) is 2.38. The molecule has 0 unspecified atom stereocenters. The highest BCUT2D eigenvalue weighted by molar-refractivity contribution is 5.24. The number of hydrogen-bond donors (Lipinski definition) is 0. The Morgan fingerprint density at radius 2 is 1.93 bits per heavy atom. The molecule has 0 spiro atoms. The van der Waals surface area contributed by atoms with Gasteiger partial charge in [-0.2, -0.15) is 0 Å². The summed E-state index contributed by atoms with van der Waals surface area (Å²) in [4.78, 5) is 0. The van der Waals surface area contributed by atoms with Gasteiger partial charge in [0, 0.05) is 6.07 Å². The second-order valence-corrected chi connectivity index (χ2v) is 3.28. The molecule has 75 valence electrons. The predicted molar refractivity (Wildman–Crippen MR) is 43.4 cm³/mol. The third kappa shape index (κ3) is 1.69. The standard InChI is InChI=1S/C10H8F3O/c11-7-4-9(13)10(5-8(7)12)14-6-2-1-3-6/h4,6H,1-3H2. The van der Waals surface area contributed by atoms with E-state index in [4.69, 9.17) is 4.74 Å². The maximum Gasteiger partial charge on any atom is 0.170 e.